The Morgan fingerprint density at radius 1 is 1.06 bits per heavy atom. The SMILES string of the molecule is CCN1C(=O)C(Br)C(Br)C(=O)N1c1ccccc1. The van der Waals surface area contributed by atoms with Gasteiger partial charge in [0.15, 0.2) is 0 Å². The molecule has 18 heavy (non-hydrogen) atoms. The lowest BCUT2D eigenvalue weighted by atomic mass is 10.2. The molecule has 0 aliphatic carbocycles. The van der Waals surface area contributed by atoms with E-state index in [0.717, 1.165) is 0 Å². The van der Waals surface area contributed by atoms with Crippen LogP contribution in [0, 0.1) is 0 Å². The van der Waals surface area contributed by atoms with E-state index < -0.39 is 9.65 Å². The highest BCUT2D eigenvalue weighted by Gasteiger charge is 2.44. The molecule has 0 bridgehead atoms. The molecular formula is C12H12Br2N2O2. The molecule has 1 aromatic rings. The molecule has 4 nitrogen and oxygen atoms in total. The van der Waals surface area contributed by atoms with Gasteiger partial charge in [0.2, 0.25) is 0 Å². The van der Waals surface area contributed by atoms with E-state index in [9.17, 15) is 9.59 Å². The van der Waals surface area contributed by atoms with Gasteiger partial charge in [-0.25, -0.2) is 10.0 Å². The largest absolute Gasteiger partial charge is 0.272 e. The fourth-order valence-corrected chi connectivity index (χ4v) is 2.74. The van der Waals surface area contributed by atoms with Crippen molar-refractivity contribution in [3.63, 3.8) is 0 Å². The molecule has 6 heteroatoms. The van der Waals surface area contributed by atoms with Gasteiger partial charge in [-0.2, -0.15) is 0 Å². The van der Waals surface area contributed by atoms with Crippen LogP contribution in [-0.2, 0) is 9.59 Å². The van der Waals surface area contributed by atoms with Gasteiger partial charge < -0.3 is 0 Å². The smallest absolute Gasteiger partial charge is 0.261 e. The number of nitrogens with zero attached hydrogens (tertiary/aromatic N) is 2. The van der Waals surface area contributed by atoms with Gasteiger partial charge in [0.25, 0.3) is 11.8 Å². The first-order chi connectivity index (χ1) is 8.57. The number of hydrogen-bond donors (Lipinski definition) is 0. The van der Waals surface area contributed by atoms with Gasteiger partial charge in [0.05, 0.1) is 5.69 Å². The highest BCUT2D eigenvalue weighted by molar-refractivity contribution is 9.12. The summed E-state index contributed by atoms with van der Waals surface area (Å²) in [5.74, 6) is -0.271. The lowest BCUT2D eigenvalue weighted by Crippen LogP contribution is -2.62. The van der Waals surface area contributed by atoms with Crippen LogP contribution in [-0.4, -0.2) is 33.0 Å². The lowest BCUT2D eigenvalue weighted by molar-refractivity contribution is -0.140. The Bertz CT molecular complexity index is 466. The zero-order valence-corrected chi connectivity index (χ0v) is 12.9. The minimum absolute atomic E-state index is 0.122. The second-order valence-electron chi connectivity index (χ2n) is 3.84. The minimum Gasteiger partial charge on any atom is -0.272 e. The Morgan fingerprint density at radius 2 is 1.61 bits per heavy atom. The monoisotopic (exact) mass is 374 g/mol. The van der Waals surface area contributed by atoms with Crippen molar-refractivity contribution in [1.29, 1.82) is 0 Å². The molecule has 0 radical (unpaired) electrons. The molecule has 1 aliphatic rings. The molecule has 2 atom stereocenters. The summed E-state index contributed by atoms with van der Waals surface area (Å²) in [5, 5.41) is 2.88. The number of alkyl halides is 2. The van der Waals surface area contributed by atoms with Crippen molar-refractivity contribution in [2.75, 3.05) is 11.6 Å². The molecule has 1 aromatic carbocycles. The topological polar surface area (TPSA) is 40.6 Å². The predicted octanol–water partition coefficient (Wildman–Crippen LogP) is 2.32. The molecule has 2 rings (SSSR count). The number of hydrogen-bond acceptors (Lipinski definition) is 2. The summed E-state index contributed by atoms with van der Waals surface area (Å²) >= 11 is 6.52. The number of para-hydroxylation sites is 1. The predicted molar refractivity (Wildman–Crippen MR) is 76.7 cm³/mol. The quantitative estimate of drug-likeness (QED) is 0.744. The highest BCUT2D eigenvalue weighted by atomic mass is 79.9. The average Bonchev–Trinajstić information content (AvgIpc) is 2.41. The lowest BCUT2D eigenvalue weighted by Gasteiger charge is -2.41. The third-order valence-electron chi connectivity index (χ3n) is 2.73. The van der Waals surface area contributed by atoms with Crippen molar-refractivity contribution in [2.24, 2.45) is 0 Å². The summed E-state index contributed by atoms with van der Waals surface area (Å²) in [5.41, 5.74) is 0.696. The number of halogens is 2. The second-order valence-corrected chi connectivity index (χ2v) is 5.82. The van der Waals surface area contributed by atoms with Crippen LogP contribution in [0.4, 0.5) is 5.69 Å². The first-order valence-electron chi connectivity index (χ1n) is 5.56. The van der Waals surface area contributed by atoms with Crippen LogP contribution >= 0.6 is 31.9 Å². The second kappa shape index (κ2) is 5.40. The van der Waals surface area contributed by atoms with Crippen LogP contribution in [0.2, 0.25) is 0 Å². The zero-order valence-electron chi connectivity index (χ0n) is 9.72. The van der Waals surface area contributed by atoms with Crippen molar-refractivity contribution in [2.45, 2.75) is 16.6 Å². The van der Waals surface area contributed by atoms with E-state index >= 15 is 0 Å². The van der Waals surface area contributed by atoms with E-state index in [0.29, 0.717) is 12.2 Å². The maximum Gasteiger partial charge on any atom is 0.261 e. The van der Waals surface area contributed by atoms with Gasteiger partial charge in [0, 0.05) is 6.54 Å². The summed E-state index contributed by atoms with van der Waals surface area (Å²) in [6, 6.07) is 9.16. The number of amides is 2. The summed E-state index contributed by atoms with van der Waals surface area (Å²) < 4.78 is 0. The standard InChI is InChI=1S/C12H12Br2N2O2/c1-2-15-11(17)9(13)10(14)12(18)16(15)8-6-4-3-5-7-8/h3-7,9-10H,2H2,1H3. The van der Waals surface area contributed by atoms with E-state index in [2.05, 4.69) is 31.9 Å². The normalized spacial score (nSPS) is 24.6. The van der Waals surface area contributed by atoms with Crippen LogP contribution in [0.5, 0.6) is 0 Å². The van der Waals surface area contributed by atoms with Gasteiger partial charge in [-0.05, 0) is 19.1 Å². The number of hydrazine groups is 1. The summed E-state index contributed by atoms with van der Waals surface area (Å²) in [6.07, 6.45) is 0. The maximum absolute atomic E-state index is 12.3. The van der Waals surface area contributed by atoms with Crippen LogP contribution in [0.1, 0.15) is 6.92 Å². The number of rotatable bonds is 2. The molecule has 1 fully saturated rings. The van der Waals surface area contributed by atoms with Crippen molar-refractivity contribution < 1.29 is 9.59 Å². The van der Waals surface area contributed by atoms with E-state index in [4.69, 9.17) is 0 Å². The zero-order chi connectivity index (χ0) is 13.3. The van der Waals surface area contributed by atoms with Gasteiger partial charge in [-0.15, -0.1) is 0 Å². The van der Waals surface area contributed by atoms with Crippen molar-refractivity contribution in [3.05, 3.63) is 30.3 Å². The van der Waals surface area contributed by atoms with Gasteiger partial charge >= 0.3 is 0 Å². The molecule has 0 N–H and O–H groups in total. The van der Waals surface area contributed by atoms with E-state index in [1.807, 2.05) is 37.3 Å². The molecule has 0 spiro atoms. The average molecular weight is 376 g/mol. The molecule has 0 aromatic heterocycles. The Labute approximate surface area is 122 Å². The van der Waals surface area contributed by atoms with Crippen molar-refractivity contribution >= 4 is 49.4 Å². The third-order valence-corrected chi connectivity index (χ3v) is 5.28. The fourth-order valence-electron chi connectivity index (χ4n) is 1.86. The Kier molecular flexibility index (Phi) is 4.07. The molecule has 0 saturated carbocycles. The Hall–Kier alpha value is -0.880. The van der Waals surface area contributed by atoms with Gasteiger partial charge in [-0.3, -0.25) is 9.59 Å². The van der Waals surface area contributed by atoms with E-state index in [-0.39, 0.29) is 11.8 Å². The van der Waals surface area contributed by atoms with Crippen molar-refractivity contribution in [3.8, 4) is 0 Å². The number of carbonyl (C=O) groups excluding carboxylic acids is 2. The maximum atomic E-state index is 12.3. The van der Waals surface area contributed by atoms with Gasteiger partial charge in [-0.1, -0.05) is 50.1 Å². The highest BCUT2D eigenvalue weighted by Crippen LogP contribution is 2.29. The van der Waals surface area contributed by atoms with Crippen LogP contribution in [0.3, 0.4) is 0 Å². The van der Waals surface area contributed by atoms with Gasteiger partial charge in [0.1, 0.15) is 9.65 Å². The number of anilines is 1. The Balaban J connectivity index is 2.43. The van der Waals surface area contributed by atoms with E-state index in [1.54, 1.807) is 0 Å². The molecule has 96 valence electrons. The first kappa shape index (κ1) is 13.5. The Morgan fingerprint density at radius 3 is 2.17 bits per heavy atom. The minimum atomic E-state index is -0.548. The molecule has 2 amide bonds. The van der Waals surface area contributed by atoms with Crippen LogP contribution < -0.4 is 5.01 Å². The van der Waals surface area contributed by atoms with Crippen molar-refractivity contribution in [1.82, 2.24) is 5.01 Å². The first-order valence-corrected chi connectivity index (χ1v) is 7.39. The fraction of sp³-hybridized carbons (Fsp3) is 0.333. The summed E-state index contributed by atoms with van der Waals surface area (Å²) in [7, 11) is 0. The molecule has 1 aliphatic heterocycles. The molecule has 1 heterocycles. The third kappa shape index (κ3) is 2.19. The number of benzene rings is 1. The molecular weight excluding hydrogens is 364 g/mol. The summed E-state index contributed by atoms with van der Waals surface area (Å²) in [6.45, 7) is 2.29. The van der Waals surface area contributed by atoms with E-state index in [1.165, 1.54) is 10.0 Å². The van der Waals surface area contributed by atoms with Crippen LogP contribution in [0.25, 0.3) is 0 Å². The van der Waals surface area contributed by atoms with Crippen LogP contribution in [0.15, 0.2) is 30.3 Å². The summed E-state index contributed by atoms with van der Waals surface area (Å²) in [4.78, 5) is 23.4. The molecule has 2 unspecified atom stereocenters. The number of carbonyl (C=O) groups is 2. The molecule has 1 saturated heterocycles.